The highest BCUT2D eigenvalue weighted by molar-refractivity contribution is 9.10. The number of aryl methyl sites for hydroxylation is 1. The van der Waals surface area contributed by atoms with E-state index in [1.807, 2.05) is 13.0 Å². The lowest BCUT2D eigenvalue weighted by molar-refractivity contribution is 0.0899. The van der Waals surface area contributed by atoms with Gasteiger partial charge in [-0.05, 0) is 40.5 Å². The van der Waals surface area contributed by atoms with E-state index < -0.39 is 12.0 Å². The molecule has 0 aromatic carbocycles. The summed E-state index contributed by atoms with van der Waals surface area (Å²) in [5.41, 5.74) is 3.15. The molecule has 2 heterocycles. The molecule has 0 saturated heterocycles. The maximum Gasteiger partial charge on any atom is 0.199 e. The Morgan fingerprint density at radius 1 is 1.42 bits per heavy atom. The Morgan fingerprint density at radius 3 is 2.95 bits per heavy atom. The summed E-state index contributed by atoms with van der Waals surface area (Å²) in [6, 6.07) is 3.63. The fraction of sp³-hybridized carbons (Fsp3) is 0.214. The molecule has 3 rings (SSSR count). The number of ketones is 1. The lowest BCUT2D eigenvalue weighted by Gasteiger charge is -2.09. The van der Waals surface area contributed by atoms with Crippen molar-refractivity contribution in [1.82, 2.24) is 9.97 Å². The van der Waals surface area contributed by atoms with E-state index in [0.717, 1.165) is 11.3 Å². The molecule has 0 aliphatic heterocycles. The highest BCUT2D eigenvalue weighted by atomic mass is 79.9. The number of alkyl halides is 1. The highest BCUT2D eigenvalue weighted by Gasteiger charge is 2.35. The number of nitrogens with zero attached hydrogens (tertiary/aromatic N) is 2. The highest BCUT2D eigenvalue weighted by Crippen LogP contribution is 2.36. The van der Waals surface area contributed by atoms with Gasteiger partial charge in [0.25, 0.3) is 0 Å². The second-order valence-electron chi connectivity index (χ2n) is 4.48. The second kappa shape index (κ2) is 4.49. The smallest absolute Gasteiger partial charge is 0.199 e. The molecule has 2 aromatic heterocycles. The molecule has 0 spiro atoms. The van der Waals surface area contributed by atoms with E-state index in [1.165, 1.54) is 0 Å². The van der Waals surface area contributed by atoms with Gasteiger partial charge in [-0.3, -0.25) is 14.8 Å². The van der Waals surface area contributed by atoms with Crippen molar-refractivity contribution in [2.75, 3.05) is 0 Å². The number of halogens is 2. The Morgan fingerprint density at radius 2 is 2.21 bits per heavy atom. The van der Waals surface area contributed by atoms with E-state index in [0.29, 0.717) is 21.3 Å². The van der Waals surface area contributed by atoms with Gasteiger partial charge in [0.05, 0.1) is 11.3 Å². The van der Waals surface area contributed by atoms with Crippen LogP contribution in [0.25, 0.3) is 11.3 Å². The molecule has 1 aliphatic carbocycles. The number of aromatic nitrogens is 2. The number of pyridine rings is 2. The van der Waals surface area contributed by atoms with Gasteiger partial charge in [0.2, 0.25) is 0 Å². The zero-order valence-corrected chi connectivity index (χ0v) is 11.7. The normalized spacial score (nSPS) is 17.6. The van der Waals surface area contributed by atoms with Gasteiger partial charge in [-0.15, -0.1) is 0 Å². The molecule has 1 unspecified atom stereocenters. The third-order valence-corrected chi connectivity index (χ3v) is 3.99. The summed E-state index contributed by atoms with van der Waals surface area (Å²) in [5, 5.41) is 0. The summed E-state index contributed by atoms with van der Waals surface area (Å²) >= 11 is 3.33. The van der Waals surface area contributed by atoms with Crippen molar-refractivity contribution < 1.29 is 9.18 Å². The lowest BCUT2D eigenvalue weighted by atomic mass is 10.0. The van der Waals surface area contributed by atoms with Gasteiger partial charge in [-0.25, -0.2) is 4.39 Å². The summed E-state index contributed by atoms with van der Waals surface area (Å²) in [6.45, 7) is 1.85. The molecule has 0 fully saturated rings. The Kier molecular flexibility index (Phi) is 2.93. The molecule has 3 nitrogen and oxygen atoms in total. The van der Waals surface area contributed by atoms with Crippen molar-refractivity contribution in [3.63, 3.8) is 0 Å². The van der Waals surface area contributed by atoms with Crippen LogP contribution in [0.15, 0.2) is 29.0 Å². The standard InChI is InChI=1S/C14H10BrFN2O/c1-7-8(3-2-4-17-7)13-12-9(10(15)6-18-13)5-11(16)14(12)19/h2-4,6,11H,5H2,1H3. The average Bonchev–Trinajstić information content (AvgIpc) is 2.69. The van der Waals surface area contributed by atoms with Crippen LogP contribution in [-0.2, 0) is 6.42 Å². The Balaban J connectivity index is 2.29. The van der Waals surface area contributed by atoms with Crippen LogP contribution in [-0.4, -0.2) is 21.9 Å². The van der Waals surface area contributed by atoms with Crippen molar-refractivity contribution in [3.8, 4) is 11.3 Å². The molecular formula is C14H10BrFN2O. The van der Waals surface area contributed by atoms with Crippen LogP contribution in [0.4, 0.5) is 4.39 Å². The first kappa shape index (κ1) is 12.4. The summed E-state index contributed by atoms with van der Waals surface area (Å²) in [4.78, 5) is 20.5. The van der Waals surface area contributed by atoms with Gasteiger partial charge in [-0.2, -0.15) is 0 Å². The van der Waals surface area contributed by atoms with Gasteiger partial charge in [0.1, 0.15) is 0 Å². The zero-order valence-electron chi connectivity index (χ0n) is 10.2. The van der Waals surface area contributed by atoms with Gasteiger partial charge >= 0.3 is 0 Å². The van der Waals surface area contributed by atoms with Crippen molar-refractivity contribution in [2.24, 2.45) is 0 Å². The van der Waals surface area contributed by atoms with E-state index in [-0.39, 0.29) is 6.42 Å². The first-order chi connectivity index (χ1) is 9.09. The summed E-state index contributed by atoms with van der Waals surface area (Å²) < 4.78 is 14.4. The maximum absolute atomic E-state index is 13.7. The third kappa shape index (κ3) is 1.89. The predicted octanol–water partition coefficient (Wildman–Crippen LogP) is 3.29. The monoisotopic (exact) mass is 320 g/mol. The van der Waals surface area contributed by atoms with Crippen molar-refractivity contribution in [2.45, 2.75) is 19.5 Å². The summed E-state index contributed by atoms with van der Waals surface area (Å²) in [6.07, 6.45) is 1.94. The van der Waals surface area contributed by atoms with Crippen LogP contribution in [0, 0.1) is 6.92 Å². The number of rotatable bonds is 1. The van der Waals surface area contributed by atoms with Crippen molar-refractivity contribution in [1.29, 1.82) is 0 Å². The fourth-order valence-electron chi connectivity index (χ4n) is 2.36. The molecule has 19 heavy (non-hydrogen) atoms. The molecule has 2 aromatic rings. The third-order valence-electron chi connectivity index (χ3n) is 3.31. The van der Waals surface area contributed by atoms with Crippen LogP contribution in [0.1, 0.15) is 21.6 Å². The molecule has 5 heteroatoms. The van der Waals surface area contributed by atoms with E-state index in [4.69, 9.17) is 0 Å². The van der Waals surface area contributed by atoms with Crippen LogP contribution < -0.4 is 0 Å². The molecule has 0 amide bonds. The van der Waals surface area contributed by atoms with Gasteiger partial charge in [0, 0.05) is 34.5 Å². The summed E-state index contributed by atoms with van der Waals surface area (Å²) in [7, 11) is 0. The van der Waals surface area contributed by atoms with Crippen LogP contribution >= 0.6 is 15.9 Å². The SMILES string of the molecule is Cc1ncccc1-c1ncc(Br)c2c1C(=O)C(F)C2. The first-order valence-corrected chi connectivity index (χ1v) is 6.66. The summed E-state index contributed by atoms with van der Waals surface area (Å²) in [5.74, 6) is -0.484. The number of hydrogen-bond acceptors (Lipinski definition) is 3. The van der Waals surface area contributed by atoms with E-state index in [1.54, 1.807) is 18.5 Å². The molecule has 0 bridgehead atoms. The van der Waals surface area contributed by atoms with Crippen LogP contribution in [0.3, 0.4) is 0 Å². The average molecular weight is 321 g/mol. The topological polar surface area (TPSA) is 42.9 Å². The van der Waals surface area contributed by atoms with Gasteiger partial charge in [0.15, 0.2) is 12.0 Å². The molecule has 0 radical (unpaired) electrons. The quantitative estimate of drug-likeness (QED) is 0.809. The van der Waals surface area contributed by atoms with E-state index >= 15 is 0 Å². The Hall–Kier alpha value is -1.62. The van der Waals surface area contributed by atoms with Crippen LogP contribution in [0.5, 0.6) is 0 Å². The lowest BCUT2D eigenvalue weighted by Crippen LogP contribution is -2.09. The predicted molar refractivity (Wildman–Crippen MR) is 72.8 cm³/mol. The second-order valence-corrected chi connectivity index (χ2v) is 5.33. The molecule has 1 aliphatic rings. The van der Waals surface area contributed by atoms with E-state index in [9.17, 15) is 9.18 Å². The maximum atomic E-state index is 13.7. The number of carbonyl (C=O) groups excluding carboxylic acids is 1. The first-order valence-electron chi connectivity index (χ1n) is 5.87. The van der Waals surface area contributed by atoms with Gasteiger partial charge < -0.3 is 0 Å². The number of Topliss-reactive ketones (excluding diaryl/α,β-unsaturated/α-hetero) is 1. The number of fused-ring (bicyclic) bond motifs is 1. The minimum atomic E-state index is -1.47. The minimum Gasteiger partial charge on any atom is -0.291 e. The largest absolute Gasteiger partial charge is 0.291 e. The zero-order chi connectivity index (χ0) is 13.6. The number of hydrogen-bond donors (Lipinski definition) is 0. The minimum absolute atomic E-state index is 0.115. The van der Waals surface area contributed by atoms with E-state index in [2.05, 4.69) is 25.9 Å². The molecule has 96 valence electrons. The Bertz CT molecular complexity index is 687. The van der Waals surface area contributed by atoms with Crippen LogP contribution in [0.2, 0.25) is 0 Å². The fourth-order valence-corrected chi connectivity index (χ4v) is 2.82. The van der Waals surface area contributed by atoms with Crippen molar-refractivity contribution in [3.05, 3.63) is 45.8 Å². The van der Waals surface area contributed by atoms with Crippen molar-refractivity contribution >= 4 is 21.7 Å². The molecule has 0 N–H and O–H groups in total. The molecular weight excluding hydrogens is 311 g/mol. The number of carbonyl (C=O) groups is 1. The van der Waals surface area contributed by atoms with Gasteiger partial charge in [-0.1, -0.05) is 0 Å². The molecule has 0 saturated carbocycles. The molecule has 1 atom stereocenters. The Labute approximate surface area is 118 Å².